The molecule has 0 fully saturated rings. The van der Waals surface area contributed by atoms with Gasteiger partial charge in [-0.1, -0.05) is 18.2 Å². The minimum atomic E-state index is -0.813. The lowest BCUT2D eigenvalue weighted by Gasteiger charge is -2.21. The van der Waals surface area contributed by atoms with Gasteiger partial charge in [-0.25, -0.2) is 9.59 Å². The van der Waals surface area contributed by atoms with Crippen LogP contribution < -0.4 is 10.2 Å². The molecule has 0 aliphatic rings. The van der Waals surface area contributed by atoms with Crippen molar-refractivity contribution in [2.45, 2.75) is 45.8 Å². The third-order valence-corrected chi connectivity index (χ3v) is 4.25. The quantitative estimate of drug-likeness (QED) is 0.602. The van der Waals surface area contributed by atoms with Crippen molar-refractivity contribution in [3.05, 3.63) is 48.2 Å². The van der Waals surface area contributed by atoms with Gasteiger partial charge in [0.2, 0.25) is 11.8 Å². The van der Waals surface area contributed by atoms with Gasteiger partial charge in [0, 0.05) is 29.8 Å². The number of carbonyl (C=O) groups excluding carboxylic acids is 2. The summed E-state index contributed by atoms with van der Waals surface area (Å²) in [6.45, 7) is 7.20. The third kappa shape index (κ3) is 4.68. The van der Waals surface area contributed by atoms with Crippen LogP contribution in [0.15, 0.2) is 42.6 Å². The Hall–Kier alpha value is -3.62. The molecule has 9 heteroatoms. The van der Waals surface area contributed by atoms with E-state index in [0.29, 0.717) is 16.7 Å². The van der Waals surface area contributed by atoms with E-state index >= 15 is 0 Å². The summed E-state index contributed by atoms with van der Waals surface area (Å²) in [6.07, 6.45) is 0.724. The van der Waals surface area contributed by atoms with Gasteiger partial charge in [-0.15, -0.1) is 4.73 Å². The lowest BCUT2D eigenvalue weighted by Crippen LogP contribution is -2.38. The molecule has 3 rings (SSSR count). The van der Waals surface area contributed by atoms with Gasteiger partial charge in [0.15, 0.2) is 0 Å². The molecule has 2 aromatic heterocycles. The van der Waals surface area contributed by atoms with E-state index in [0.717, 1.165) is 10.9 Å². The number of rotatable bonds is 4. The van der Waals surface area contributed by atoms with Crippen LogP contribution in [0, 0.1) is 0 Å². The van der Waals surface area contributed by atoms with Crippen molar-refractivity contribution in [1.29, 1.82) is 0 Å². The fourth-order valence-corrected chi connectivity index (χ4v) is 3.07. The Morgan fingerprint density at radius 3 is 2.37 bits per heavy atom. The number of nitrogens with one attached hydrogen (secondary N) is 1. The first-order valence-corrected chi connectivity index (χ1v) is 9.46. The average Bonchev–Trinajstić information content (AvgIpc) is 3.15. The highest BCUT2D eigenvalue weighted by molar-refractivity contribution is 5.92. The molecule has 0 aliphatic carbocycles. The van der Waals surface area contributed by atoms with E-state index in [1.54, 1.807) is 39.1 Å². The van der Waals surface area contributed by atoms with Crippen molar-refractivity contribution in [3.8, 4) is 11.8 Å². The number of alkyl carbamates (subject to hydrolysis) is 1. The Balaban J connectivity index is 1.82. The molecule has 1 aromatic carbocycles. The molecule has 0 saturated carbocycles. The van der Waals surface area contributed by atoms with Crippen LogP contribution in [0.4, 0.5) is 9.59 Å². The van der Waals surface area contributed by atoms with Gasteiger partial charge in [-0.05, 0) is 45.7 Å². The molecule has 160 valence electrons. The number of aromatic nitrogens is 2. The first-order valence-electron chi connectivity index (χ1n) is 9.46. The highest BCUT2D eigenvalue weighted by Gasteiger charge is 2.21. The molecule has 1 amide bonds. The Kier molecular flexibility index (Phi) is 5.64. The van der Waals surface area contributed by atoms with Crippen molar-refractivity contribution >= 4 is 23.1 Å². The second-order valence-electron chi connectivity index (χ2n) is 7.99. The third-order valence-electron chi connectivity index (χ3n) is 4.25. The molecule has 9 nitrogen and oxygen atoms in total. The number of hydrogen-bond acceptors (Lipinski definition) is 6. The summed E-state index contributed by atoms with van der Waals surface area (Å²) in [5.74, 6) is -0.819. The number of carbonyl (C=O) groups is 2. The minimum Gasteiger partial charge on any atom is -0.492 e. The van der Waals surface area contributed by atoms with Crippen LogP contribution in [0.1, 0.15) is 33.3 Å². The number of aromatic hydroxyl groups is 2. The summed E-state index contributed by atoms with van der Waals surface area (Å²) in [6, 6.07) is 9.38. The number of nitrogens with zero attached hydrogens (tertiary/aromatic N) is 2. The number of fused-ring (bicyclic) bond motifs is 1. The van der Waals surface area contributed by atoms with Crippen LogP contribution in [-0.2, 0) is 11.2 Å². The summed E-state index contributed by atoms with van der Waals surface area (Å²) >= 11 is 0. The molecule has 2 heterocycles. The van der Waals surface area contributed by atoms with Crippen LogP contribution >= 0.6 is 0 Å². The molecule has 30 heavy (non-hydrogen) atoms. The highest BCUT2D eigenvalue weighted by Crippen LogP contribution is 2.24. The topological polar surface area (TPSA) is 115 Å². The smallest absolute Gasteiger partial charge is 0.443 e. The van der Waals surface area contributed by atoms with Crippen molar-refractivity contribution in [2.24, 2.45) is 0 Å². The van der Waals surface area contributed by atoms with E-state index in [1.165, 1.54) is 16.7 Å². The van der Waals surface area contributed by atoms with Crippen molar-refractivity contribution in [3.63, 3.8) is 0 Å². The zero-order chi connectivity index (χ0) is 22.1. The summed E-state index contributed by atoms with van der Waals surface area (Å²) in [7, 11) is 0. The molecule has 0 unspecified atom stereocenters. The molecular weight excluding hydrogens is 390 g/mol. The summed E-state index contributed by atoms with van der Waals surface area (Å²) < 4.78 is 7.19. The second-order valence-corrected chi connectivity index (χ2v) is 7.99. The van der Waals surface area contributed by atoms with Crippen molar-refractivity contribution in [1.82, 2.24) is 14.6 Å². The van der Waals surface area contributed by atoms with Crippen molar-refractivity contribution in [2.75, 3.05) is 0 Å². The number of para-hydroxylation sites is 1. The number of ether oxygens (including phenoxy) is 1. The Morgan fingerprint density at radius 1 is 1.10 bits per heavy atom. The lowest BCUT2D eigenvalue weighted by molar-refractivity contribution is 0.0508. The maximum absolute atomic E-state index is 12.7. The first-order chi connectivity index (χ1) is 14.0. The molecule has 0 saturated heterocycles. The summed E-state index contributed by atoms with van der Waals surface area (Å²) in [5.41, 5.74) is 0.805. The first kappa shape index (κ1) is 21.1. The van der Waals surface area contributed by atoms with Crippen molar-refractivity contribution < 1.29 is 29.4 Å². The number of benzene rings is 1. The number of hydrogen-bond donors (Lipinski definition) is 3. The minimum absolute atomic E-state index is 0.257. The zero-order valence-electron chi connectivity index (χ0n) is 17.2. The van der Waals surface area contributed by atoms with Gasteiger partial charge < -0.3 is 25.1 Å². The van der Waals surface area contributed by atoms with Gasteiger partial charge >= 0.3 is 12.2 Å². The molecule has 0 bridgehead atoms. The molecular formula is C21H25N3O6. The molecule has 3 N–H and O–H groups in total. The predicted octanol–water partition coefficient (Wildman–Crippen LogP) is 3.41. The maximum atomic E-state index is 12.7. The molecule has 0 radical (unpaired) electrons. The van der Waals surface area contributed by atoms with E-state index in [2.05, 4.69) is 5.32 Å². The highest BCUT2D eigenvalue weighted by atomic mass is 16.7. The zero-order valence-corrected chi connectivity index (χ0v) is 17.2. The van der Waals surface area contributed by atoms with Gasteiger partial charge in [0.25, 0.3) is 0 Å². The van der Waals surface area contributed by atoms with Crippen LogP contribution in [-0.4, -0.2) is 43.3 Å². The average molecular weight is 415 g/mol. The molecule has 1 atom stereocenters. The van der Waals surface area contributed by atoms with Crippen LogP contribution in [0.5, 0.6) is 11.8 Å². The monoisotopic (exact) mass is 415 g/mol. The predicted molar refractivity (Wildman–Crippen MR) is 110 cm³/mol. The fraction of sp³-hybridized carbons (Fsp3) is 0.333. The Labute approximate surface area is 173 Å². The number of amides is 1. The van der Waals surface area contributed by atoms with Gasteiger partial charge in [-0.3, -0.25) is 4.57 Å². The summed E-state index contributed by atoms with van der Waals surface area (Å²) in [5, 5.41) is 23.0. The van der Waals surface area contributed by atoms with E-state index in [1.807, 2.05) is 19.1 Å². The molecule has 3 aromatic rings. The van der Waals surface area contributed by atoms with E-state index in [4.69, 9.17) is 9.57 Å². The largest absolute Gasteiger partial charge is 0.492 e. The SMILES string of the molecule is C[C@H](Cc1cn(C(=O)On2c(O)ccc2O)c2ccccc12)NC(=O)OC(C)(C)C. The summed E-state index contributed by atoms with van der Waals surface area (Å²) in [4.78, 5) is 29.8. The standard InChI is InChI=1S/C21H25N3O6/c1-13(22-19(27)29-21(2,3)4)11-14-12-23(16-8-6-5-7-15(14)16)20(28)30-24-17(25)9-10-18(24)26/h5-10,12-13,25-26H,11H2,1-4H3,(H,22,27)/t13-/m1/s1. The van der Waals surface area contributed by atoms with E-state index in [9.17, 15) is 19.8 Å². The van der Waals surface area contributed by atoms with Gasteiger partial charge in [-0.2, -0.15) is 0 Å². The maximum Gasteiger partial charge on any atom is 0.443 e. The van der Waals surface area contributed by atoms with Gasteiger partial charge in [0.05, 0.1) is 5.52 Å². The Morgan fingerprint density at radius 2 is 1.73 bits per heavy atom. The van der Waals surface area contributed by atoms with Crippen LogP contribution in [0.3, 0.4) is 0 Å². The van der Waals surface area contributed by atoms with Crippen LogP contribution in [0.2, 0.25) is 0 Å². The van der Waals surface area contributed by atoms with Gasteiger partial charge in [0.1, 0.15) is 5.60 Å². The fourth-order valence-electron chi connectivity index (χ4n) is 3.07. The normalized spacial score (nSPS) is 12.5. The second kappa shape index (κ2) is 8.02. The van der Waals surface area contributed by atoms with E-state index in [-0.39, 0.29) is 6.04 Å². The lowest BCUT2D eigenvalue weighted by atomic mass is 10.1. The Bertz CT molecular complexity index is 1060. The van der Waals surface area contributed by atoms with E-state index < -0.39 is 29.5 Å². The molecule has 0 aliphatic heterocycles. The van der Waals surface area contributed by atoms with Crippen LogP contribution in [0.25, 0.3) is 10.9 Å². The molecule has 0 spiro atoms.